The summed E-state index contributed by atoms with van der Waals surface area (Å²) in [5.74, 6) is -2.32. The Morgan fingerprint density at radius 2 is 1.80 bits per heavy atom. The number of sulfonamides is 1. The van der Waals surface area contributed by atoms with Gasteiger partial charge in [-0.2, -0.15) is 9.41 Å². The maximum absolute atomic E-state index is 13.1. The fraction of sp³-hybridized carbons (Fsp3) is 0.300. The molecule has 30 heavy (non-hydrogen) atoms. The Hall–Kier alpha value is -2.69. The van der Waals surface area contributed by atoms with Gasteiger partial charge < -0.3 is 4.74 Å². The number of aryl methyl sites for hydroxylation is 1. The molecular formula is C20H21F2N3O4S. The van der Waals surface area contributed by atoms with Crippen molar-refractivity contribution < 1.29 is 26.7 Å². The number of hydrogen-bond donors (Lipinski definition) is 1. The van der Waals surface area contributed by atoms with E-state index in [4.69, 9.17) is 4.74 Å². The summed E-state index contributed by atoms with van der Waals surface area (Å²) < 4.78 is 57.7. The summed E-state index contributed by atoms with van der Waals surface area (Å²) >= 11 is 0. The Labute approximate surface area is 173 Å². The van der Waals surface area contributed by atoms with Crippen LogP contribution in [-0.4, -0.2) is 51.1 Å². The fourth-order valence-electron chi connectivity index (χ4n) is 2.85. The molecule has 0 aliphatic carbocycles. The van der Waals surface area contributed by atoms with E-state index in [1.807, 2.05) is 0 Å². The van der Waals surface area contributed by atoms with E-state index in [0.717, 1.165) is 17.7 Å². The minimum atomic E-state index is -3.55. The standard InChI is InChI=1S/C20H21F2N3O4S/c21-18-7-3-16(13-19(18)22)14-23-24-20(26)8-4-15-1-5-17(6-2-15)30(27,28)25-9-11-29-12-10-25/h1-3,5-7,13-14H,4,8-12H2,(H,24,26)/b23-14+. The highest BCUT2D eigenvalue weighted by molar-refractivity contribution is 7.89. The molecule has 1 aliphatic rings. The van der Waals surface area contributed by atoms with Crippen LogP contribution in [0.2, 0.25) is 0 Å². The molecule has 1 fully saturated rings. The molecule has 0 spiro atoms. The van der Waals surface area contributed by atoms with Crippen molar-refractivity contribution >= 4 is 22.1 Å². The lowest BCUT2D eigenvalue weighted by Crippen LogP contribution is -2.40. The maximum atomic E-state index is 13.1. The second-order valence-electron chi connectivity index (χ2n) is 6.63. The summed E-state index contributed by atoms with van der Waals surface area (Å²) in [6.07, 6.45) is 1.74. The number of carbonyl (C=O) groups excluding carboxylic acids is 1. The van der Waals surface area contributed by atoms with Gasteiger partial charge in [-0.3, -0.25) is 4.79 Å². The lowest BCUT2D eigenvalue weighted by Gasteiger charge is -2.26. The van der Waals surface area contributed by atoms with E-state index in [1.54, 1.807) is 12.1 Å². The summed E-state index contributed by atoms with van der Waals surface area (Å²) in [5, 5.41) is 3.71. The molecular weight excluding hydrogens is 416 g/mol. The predicted octanol–water partition coefficient (Wildman–Crippen LogP) is 2.07. The first-order valence-electron chi connectivity index (χ1n) is 9.30. The third kappa shape index (κ3) is 5.68. The van der Waals surface area contributed by atoms with E-state index in [1.165, 1.54) is 28.7 Å². The molecule has 2 aromatic rings. The first kappa shape index (κ1) is 22.0. The summed E-state index contributed by atoms with van der Waals surface area (Å²) in [6, 6.07) is 9.68. The van der Waals surface area contributed by atoms with Crippen LogP contribution in [0.3, 0.4) is 0 Å². The van der Waals surface area contributed by atoms with Crippen molar-refractivity contribution in [3.63, 3.8) is 0 Å². The fourth-order valence-corrected chi connectivity index (χ4v) is 4.26. The van der Waals surface area contributed by atoms with Crippen molar-refractivity contribution in [1.82, 2.24) is 9.73 Å². The van der Waals surface area contributed by atoms with Crippen molar-refractivity contribution in [3.05, 3.63) is 65.2 Å². The molecule has 0 saturated carbocycles. The van der Waals surface area contributed by atoms with Crippen LogP contribution in [0, 0.1) is 11.6 Å². The topological polar surface area (TPSA) is 88.1 Å². The SMILES string of the molecule is O=C(CCc1ccc(S(=O)(=O)N2CCOCC2)cc1)N/N=C/c1ccc(F)c(F)c1. The van der Waals surface area contributed by atoms with Crippen LogP contribution in [0.1, 0.15) is 17.5 Å². The van der Waals surface area contributed by atoms with Crippen LogP contribution >= 0.6 is 0 Å². The van der Waals surface area contributed by atoms with Crippen molar-refractivity contribution in [2.75, 3.05) is 26.3 Å². The van der Waals surface area contributed by atoms with Gasteiger partial charge in [-0.05, 0) is 41.8 Å². The molecule has 1 heterocycles. The summed E-state index contributed by atoms with van der Waals surface area (Å²) in [4.78, 5) is 12.1. The summed E-state index contributed by atoms with van der Waals surface area (Å²) in [7, 11) is -3.55. The second-order valence-corrected chi connectivity index (χ2v) is 8.57. The number of morpholine rings is 1. The minimum Gasteiger partial charge on any atom is -0.379 e. The van der Waals surface area contributed by atoms with Gasteiger partial charge in [0, 0.05) is 19.5 Å². The maximum Gasteiger partial charge on any atom is 0.243 e. The molecule has 1 aliphatic heterocycles. The van der Waals surface area contributed by atoms with E-state index in [9.17, 15) is 22.0 Å². The van der Waals surface area contributed by atoms with Gasteiger partial charge in [0.25, 0.3) is 0 Å². The third-order valence-electron chi connectivity index (χ3n) is 4.52. The average Bonchev–Trinajstić information content (AvgIpc) is 2.76. The molecule has 1 amide bonds. The number of hydrogen-bond acceptors (Lipinski definition) is 5. The number of benzene rings is 2. The highest BCUT2D eigenvalue weighted by Crippen LogP contribution is 2.18. The number of hydrazone groups is 1. The molecule has 0 atom stereocenters. The Morgan fingerprint density at radius 1 is 1.10 bits per heavy atom. The summed E-state index contributed by atoms with van der Waals surface area (Å²) in [5.41, 5.74) is 3.43. The number of halogens is 2. The first-order chi connectivity index (χ1) is 14.4. The Bertz CT molecular complexity index is 1020. The van der Waals surface area contributed by atoms with Crippen LogP contribution in [-0.2, 0) is 26.0 Å². The van der Waals surface area contributed by atoms with Crippen LogP contribution < -0.4 is 5.43 Å². The zero-order valence-electron chi connectivity index (χ0n) is 16.1. The number of rotatable bonds is 7. The molecule has 0 aromatic heterocycles. The first-order valence-corrected chi connectivity index (χ1v) is 10.7. The van der Waals surface area contributed by atoms with E-state index in [-0.39, 0.29) is 17.2 Å². The lowest BCUT2D eigenvalue weighted by atomic mass is 10.1. The van der Waals surface area contributed by atoms with E-state index < -0.39 is 21.7 Å². The highest BCUT2D eigenvalue weighted by Gasteiger charge is 2.26. The molecule has 1 N–H and O–H groups in total. The van der Waals surface area contributed by atoms with Crippen molar-refractivity contribution in [1.29, 1.82) is 0 Å². The van der Waals surface area contributed by atoms with Gasteiger partial charge >= 0.3 is 0 Å². The van der Waals surface area contributed by atoms with Gasteiger partial charge in [-0.1, -0.05) is 18.2 Å². The van der Waals surface area contributed by atoms with Gasteiger partial charge in [0.05, 0.1) is 24.3 Å². The molecule has 160 valence electrons. The lowest BCUT2D eigenvalue weighted by molar-refractivity contribution is -0.121. The Kier molecular flexibility index (Phi) is 7.24. The highest BCUT2D eigenvalue weighted by atomic mass is 32.2. The molecule has 3 rings (SSSR count). The van der Waals surface area contributed by atoms with Gasteiger partial charge in [0.15, 0.2) is 11.6 Å². The average molecular weight is 437 g/mol. The smallest absolute Gasteiger partial charge is 0.243 e. The normalized spacial score (nSPS) is 15.4. The monoisotopic (exact) mass is 437 g/mol. The van der Waals surface area contributed by atoms with E-state index in [0.29, 0.717) is 38.3 Å². The van der Waals surface area contributed by atoms with Gasteiger partial charge in [0.1, 0.15) is 0 Å². The summed E-state index contributed by atoms with van der Waals surface area (Å²) in [6.45, 7) is 1.42. The molecule has 2 aromatic carbocycles. The van der Waals surface area contributed by atoms with Crippen molar-refractivity contribution in [3.8, 4) is 0 Å². The number of nitrogens with zero attached hydrogens (tertiary/aromatic N) is 2. The molecule has 1 saturated heterocycles. The molecule has 0 bridgehead atoms. The van der Waals surface area contributed by atoms with E-state index in [2.05, 4.69) is 10.5 Å². The zero-order chi connectivity index (χ0) is 21.6. The van der Waals surface area contributed by atoms with Crippen LogP contribution in [0.15, 0.2) is 52.5 Å². The number of carbonyl (C=O) groups is 1. The zero-order valence-corrected chi connectivity index (χ0v) is 16.9. The molecule has 7 nitrogen and oxygen atoms in total. The predicted molar refractivity (Wildman–Crippen MR) is 106 cm³/mol. The number of nitrogens with one attached hydrogen (secondary N) is 1. The van der Waals surface area contributed by atoms with E-state index >= 15 is 0 Å². The van der Waals surface area contributed by atoms with Gasteiger partial charge in [-0.15, -0.1) is 0 Å². The third-order valence-corrected chi connectivity index (χ3v) is 6.43. The van der Waals surface area contributed by atoms with Gasteiger partial charge in [0.2, 0.25) is 15.9 Å². The van der Waals surface area contributed by atoms with Crippen molar-refractivity contribution in [2.45, 2.75) is 17.7 Å². The van der Waals surface area contributed by atoms with Gasteiger partial charge in [-0.25, -0.2) is 22.6 Å². The largest absolute Gasteiger partial charge is 0.379 e. The van der Waals surface area contributed by atoms with Crippen molar-refractivity contribution in [2.24, 2.45) is 5.10 Å². The molecule has 10 heteroatoms. The number of ether oxygens (including phenoxy) is 1. The molecule has 0 radical (unpaired) electrons. The Morgan fingerprint density at radius 3 is 2.47 bits per heavy atom. The van der Waals surface area contributed by atoms with Crippen LogP contribution in [0.4, 0.5) is 8.78 Å². The molecule has 0 unspecified atom stereocenters. The Balaban J connectivity index is 1.50. The van der Waals surface area contributed by atoms with Crippen LogP contribution in [0.5, 0.6) is 0 Å². The van der Waals surface area contributed by atoms with Crippen LogP contribution in [0.25, 0.3) is 0 Å². The minimum absolute atomic E-state index is 0.130. The second kappa shape index (κ2) is 9.88. The number of amides is 1. The quantitative estimate of drug-likeness (QED) is 0.531.